The fourth-order valence-electron chi connectivity index (χ4n) is 2.94. The summed E-state index contributed by atoms with van der Waals surface area (Å²) in [6.45, 7) is -0.0391. The molecule has 2 heterocycles. The van der Waals surface area contributed by atoms with Gasteiger partial charge >= 0.3 is 5.69 Å². The second-order valence-electron chi connectivity index (χ2n) is 6.79. The molecule has 156 valence electrons. The minimum absolute atomic E-state index is 0.0391. The molecule has 0 radical (unpaired) electrons. The fraction of sp³-hybridized carbons (Fsp3) is 0.238. The van der Waals surface area contributed by atoms with Gasteiger partial charge in [0.05, 0.1) is 12.8 Å². The minimum atomic E-state index is -0.881. The number of aromatic nitrogens is 2. The van der Waals surface area contributed by atoms with Gasteiger partial charge in [0.25, 0.3) is 11.5 Å². The number of benzene rings is 1. The van der Waals surface area contributed by atoms with Crippen molar-refractivity contribution < 1.29 is 14.0 Å². The largest absolute Gasteiger partial charge is 0.459 e. The third-order valence-electron chi connectivity index (χ3n) is 4.72. The van der Waals surface area contributed by atoms with Gasteiger partial charge in [0, 0.05) is 32.3 Å². The van der Waals surface area contributed by atoms with Crippen molar-refractivity contribution in [1.82, 2.24) is 19.8 Å². The zero-order valence-electron chi connectivity index (χ0n) is 16.6. The first-order valence-corrected chi connectivity index (χ1v) is 9.28. The molecule has 3 rings (SSSR count). The van der Waals surface area contributed by atoms with E-state index < -0.39 is 29.1 Å². The Morgan fingerprint density at radius 1 is 1.03 bits per heavy atom. The molecule has 0 aliphatic rings. The van der Waals surface area contributed by atoms with Crippen LogP contribution in [0.4, 0.5) is 0 Å². The Labute approximate surface area is 171 Å². The molecule has 0 aliphatic carbocycles. The van der Waals surface area contributed by atoms with Crippen LogP contribution in [0.3, 0.4) is 0 Å². The van der Waals surface area contributed by atoms with E-state index in [9.17, 15) is 19.2 Å². The van der Waals surface area contributed by atoms with Crippen LogP contribution >= 0.6 is 0 Å². The van der Waals surface area contributed by atoms with Crippen molar-refractivity contribution in [3.8, 4) is 0 Å². The van der Waals surface area contributed by atoms with Gasteiger partial charge in [-0.1, -0.05) is 30.3 Å². The summed E-state index contributed by atoms with van der Waals surface area (Å²) < 4.78 is 7.36. The highest BCUT2D eigenvalue weighted by atomic mass is 16.3. The number of hydrogen-bond donors (Lipinski definition) is 2. The molecule has 2 aromatic heterocycles. The molecule has 0 spiro atoms. The normalized spacial score (nSPS) is 11.7. The zero-order chi connectivity index (χ0) is 21.7. The van der Waals surface area contributed by atoms with Crippen molar-refractivity contribution in [1.29, 1.82) is 0 Å². The Hall–Kier alpha value is -3.88. The molecule has 2 amide bonds. The van der Waals surface area contributed by atoms with Crippen LogP contribution in [0.25, 0.3) is 0 Å². The lowest BCUT2D eigenvalue weighted by Crippen LogP contribution is -2.48. The average Bonchev–Trinajstić information content (AvgIpc) is 3.29. The van der Waals surface area contributed by atoms with Crippen LogP contribution in [0.2, 0.25) is 0 Å². The second kappa shape index (κ2) is 9.08. The predicted molar refractivity (Wildman–Crippen MR) is 109 cm³/mol. The summed E-state index contributed by atoms with van der Waals surface area (Å²) in [6.07, 6.45) is 1.63. The molecule has 0 saturated carbocycles. The quantitative estimate of drug-likeness (QED) is 0.583. The van der Waals surface area contributed by atoms with E-state index in [1.807, 2.05) is 30.3 Å². The highest BCUT2D eigenvalue weighted by molar-refractivity contribution is 5.95. The monoisotopic (exact) mass is 410 g/mol. The maximum Gasteiger partial charge on any atom is 0.330 e. The first kappa shape index (κ1) is 20.8. The van der Waals surface area contributed by atoms with Crippen LogP contribution in [0.15, 0.2) is 68.8 Å². The van der Waals surface area contributed by atoms with Gasteiger partial charge in [0.15, 0.2) is 5.76 Å². The Balaban J connectivity index is 1.77. The molecular weight excluding hydrogens is 388 g/mol. The van der Waals surface area contributed by atoms with Gasteiger partial charge in [-0.25, -0.2) is 4.79 Å². The van der Waals surface area contributed by atoms with Crippen LogP contribution < -0.4 is 21.9 Å². The standard InChI is InChI=1S/C21H22N4O5/c1-24-15(12-18(26)25(2)21(24)29)13-22-19(27)16(11-14-7-4-3-5-8-14)23-20(28)17-9-6-10-30-17/h3-10,12,16H,11,13H2,1-2H3,(H,22,27)(H,23,28)/t16-/m0/s1. The first-order chi connectivity index (χ1) is 14.4. The number of carbonyl (C=O) groups is 2. The summed E-state index contributed by atoms with van der Waals surface area (Å²) in [5.74, 6) is -0.876. The van der Waals surface area contributed by atoms with Gasteiger partial charge in [-0.2, -0.15) is 0 Å². The van der Waals surface area contributed by atoms with Crippen molar-refractivity contribution in [2.45, 2.75) is 19.0 Å². The summed E-state index contributed by atoms with van der Waals surface area (Å²) in [7, 11) is 2.90. The SMILES string of the molecule is Cn1c(CNC(=O)[C@H](Cc2ccccc2)NC(=O)c2ccco2)cc(=O)n(C)c1=O. The molecule has 3 aromatic rings. The van der Waals surface area contributed by atoms with Gasteiger partial charge in [0.1, 0.15) is 6.04 Å². The molecular formula is C21H22N4O5. The molecule has 1 atom stereocenters. The van der Waals surface area contributed by atoms with E-state index in [2.05, 4.69) is 10.6 Å². The lowest BCUT2D eigenvalue weighted by molar-refractivity contribution is -0.123. The highest BCUT2D eigenvalue weighted by Gasteiger charge is 2.23. The van der Waals surface area contributed by atoms with E-state index in [1.54, 1.807) is 6.07 Å². The van der Waals surface area contributed by atoms with E-state index in [1.165, 1.54) is 37.1 Å². The van der Waals surface area contributed by atoms with E-state index in [-0.39, 0.29) is 18.7 Å². The van der Waals surface area contributed by atoms with Crippen molar-refractivity contribution in [2.75, 3.05) is 0 Å². The lowest BCUT2D eigenvalue weighted by atomic mass is 10.0. The van der Waals surface area contributed by atoms with Crippen LogP contribution in [0, 0.1) is 0 Å². The minimum Gasteiger partial charge on any atom is -0.459 e. The molecule has 2 N–H and O–H groups in total. The summed E-state index contributed by atoms with van der Waals surface area (Å²) >= 11 is 0. The van der Waals surface area contributed by atoms with Gasteiger partial charge < -0.3 is 15.1 Å². The number of nitrogens with zero attached hydrogens (tertiary/aromatic N) is 2. The molecule has 0 bridgehead atoms. The van der Waals surface area contributed by atoms with Gasteiger partial charge in [0.2, 0.25) is 5.91 Å². The number of carbonyl (C=O) groups excluding carboxylic acids is 2. The number of hydrogen-bond acceptors (Lipinski definition) is 5. The van der Waals surface area contributed by atoms with Crippen molar-refractivity contribution in [3.63, 3.8) is 0 Å². The van der Waals surface area contributed by atoms with Crippen molar-refractivity contribution in [2.24, 2.45) is 14.1 Å². The Kier molecular flexibility index (Phi) is 6.31. The third kappa shape index (κ3) is 4.75. The van der Waals surface area contributed by atoms with Crippen LogP contribution in [0.1, 0.15) is 21.8 Å². The summed E-state index contributed by atoms with van der Waals surface area (Å²) in [4.78, 5) is 49.2. The molecule has 0 unspecified atom stereocenters. The van der Waals surface area contributed by atoms with Gasteiger partial charge in [-0.3, -0.25) is 23.5 Å². The summed E-state index contributed by atoms with van der Waals surface area (Å²) in [6, 6.07) is 12.7. The molecule has 0 fully saturated rings. The average molecular weight is 410 g/mol. The summed E-state index contributed by atoms with van der Waals surface area (Å²) in [5, 5.41) is 5.36. The molecule has 30 heavy (non-hydrogen) atoms. The van der Waals surface area contributed by atoms with Crippen molar-refractivity contribution in [3.05, 3.63) is 92.6 Å². The lowest BCUT2D eigenvalue weighted by Gasteiger charge is -2.19. The third-order valence-corrected chi connectivity index (χ3v) is 4.72. The number of amides is 2. The molecule has 0 saturated heterocycles. The Morgan fingerprint density at radius 2 is 1.77 bits per heavy atom. The van der Waals surface area contributed by atoms with E-state index in [0.29, 0.717) is 5.69 Å². The first-order valence-electron chi connectivity index (χ1n) is 9.28. The zero-order valence-corrected chi connectivity index (χ0v) is 16.6. The molecule has 9 heteroatoms. The molecule has 0 aliphatic heterocycles. The Bertz CT molecular complexity index is 1150. The molecule has 9 nitrogen and oxygen atoms in total. The number of rotatable bonds is 7. The van der Waals surface area contributed by atoms with E-state index in [4.69, 9.17) is 4.42 Å². The maximum absolute atomic E-state index is 12.8. The number of nitrogens with one attached hydrogen (secondary N) is 2. The summed E-state index contributed by atoms with van der Waals surface area (Å²) in [5.41, 5.74) is 0.263. The van der Waals surface area contributed by atoms with E-state index >= 15 is 0 Å². The van der Waals surface area contributed by atoms with Crippen LogP contribution in [-0.2, 0) is 31.9 Å². The van der Waals surface area contributed by atoms with E-state index in [0.717, 1.165) is 10.1 Å². The smallest absolute Gasteiger partial charge is 0.330 e. The number of furan rings is 1. The highest BCUT2D eigenvalue weighted by Crippen LogP contribution is 2.06. The van der Waals surface area contributed by atoms with Gasteiger partial charge in [-0.05, 0) is 17.7 Å². The van der Waals surface area contributed by atoms with Gasteiger partial charge in [-0.15, -0.1) is 0 Å². The van der Waals surface area contributed by atoms with Crippen LogP contribution in [0.5, 0.6) is 0 Å². The van der Waals surface area contributed by atoms with Crippen LogP contribution in [-0.4, -0.2) is 27.0 Å². The molecule has 1 aromatic carbocycles. The second-order valence-corrected chi connectivity index (χ2v) is 6.79. The fourth-order valence-corrected chi connectivity index (χ4v) is 2.94. The topological polar surface area (TPSA) is 115 Å². The predicted octanol–water partition coefficient (Wildman–Crippen LogP) is 0.335. The Morgan fingerprint density at radius 3 is 2.43 bits per heavy atom. The maximum atomic E-state index is 12.8. The van der Waals surface area contributed by atoms with Crippen molar-refractivity contribution >= 4 is 11.8 Å².